The molecular formula is C30H30N2O6. The Kier molecular flexibility index (Phi) is 7.20. The summed E-state index contributed by atoms with van der Waals surface area (Å²) < 4.78 is 22.3. The fourth-order valence-electron chi connectivity index (χ4n) is 5.38. The number of rotatable bonds is 3. The van der Waals surface area contributed by atoms with Gasteiger partial charge in [-0.2, -0.15) is 0 Å². The third-order valence-corrected chi connectivity index (χ3v) is 7.12. The molecule has 0 unspecified atom stereocenters. The van der Waals surface area contributed by atoms with Gasteiger partial charge in [-0.3, -0.25) is 14.5 Å². The van der Waals surface area contributed by atoms with Crippen LogP contribution < -0.4 is 10.2 Å². The molecule has 1 N–H and O–H groups in total. The molecule has 0 bridgehead atoms. The van der Waals surface area contributed by atoms with Crippen molar-refractivity contribution in [3.05, 3.63) is 89.0 Å². The van der Waals surface area contributed by atoms with Crippen LogP contribution in [0.25, 0.3) is 0 Å². The van der Waals surface area contributed by atoms with Gasteiger partial charge in [-0.1, -0.05) is 42.5 Å². The van der Waals surface area contributed by atoms with Crippen molar-refractivity contribution in [3.63, 3.8) is 0 Å². The topological polar surface area (TPSA) is 86.3 Å². The lowest BCUT2D eigenvalue weighted by Gasteiger charge is -2.31. The van der Waals surface area contributed by atoms with Crippen molar-refractivity contribution >= 4 is 28.9 Å². The maximum absolute atomic E-state index is 12.5. The molecule has 0 aliphatic carbocycles. The average Bonchev–Trinajstić information content (AvgIpc) is 3.68. The summed E-state index contributed by atoms with van der Waals surface area (Å²) in [5.41, 5.74) is 7.14. The van der Waals surface area contributed by atoms with Crippen LogP contribution in [0.15, 0.2) is 66.7 Å². The van der Waals surface area contributed by atoms with E-state index in [0.717, 1.165) is 52.2 Å². The third kappa shape index (κ3) is 4.96. The minimum atomic E-state index is -0.305. The quantitative estimate of drug-likeness (QED) is 0.532. The predicted octanol–water partition coefficient (Wildman–Crippen LogP) is 4.96. The number of carbonyl (C=O) groups is 2. The van der Waals surface area contributed by atoms with Crippen molar-refractivity contribution in [3.8, 4) is 0 Å². The minimum Gasteiger partial charge on any atom is -0.346 e. The van der Waals surface area contributed by atoms with Crippen molar-refractivity contribution in [1.29, 1.82) is 0 Å². The Morgan fingerprint density at radius 3 is 1.92 bits per heavy atom. The zero-order valence-corrected chi connectivity index (χ0v) is 21.1. The molecule has 3 aromatic rings. The van der Waals surface area contributed by atoms with Gasteiger partial charge in [0.05, 0.1) is 32.1 Å². The number of anilines is 3. The summed E-state index contributed by atoms with van der Waals surface area (Å²) in [4.78, 5) is 25.5. The summed E-state index contributed by atoms with van der Waals surface area (Å²) in [6.07, 6.45) is 1.98. The van der Waals surface area contributed by atoms with Crippen LogP contribution in [0.2, 0.25) is 0 Å². The van der Waals surface area contributed by atoms with Crippen LogP contribution in [0, 0.1) is 0 Å². The second-order valence-corrected chi connectivity index (χ2v) is 9.48. The van der Waals surface area contributed by atoms with Gasteiger partial charge in [0.1, 0.15) is 0 Å². The first-order chi connectivity index (χ1) is 18.7. The lowest BCUT2D eigenvalue weighted by atomic mass is 9.95. The highest BCUT2D eigenvalue weighted by Gasteiger charge is 2.31. The van der Waals surface area contributed by atoms with Crippen molar-refractivity contribution in [2.45, 2.75) is 38.3 Å². The van der Waals surface area contributed by atoms with Gasteiger partial charge in [-0.25, -0.2) is 0 Å². The van der Waals surface area contributed by atoms with E-state index >= 15 is 0 Å². The first-order valence-corrected chi connectivity index (χ1v) is 13.1. The van der Waals surface area contributed by atoms with E-state index in [1.54, 1.807) is 4.90 Å². The molecule has 4 aliphatic heterocycles. The number of hydrogen-bond acceptors (Lipinski definition) is 6. The van der Waals surface area contributed by atoms with E-state index in [-0.39, 0.29) is 24.4 Å². The zero-order chi connectivity index (χ0) is 25.9. The Morgan fingerprint density at radius 2 is 1.24 bits per heavy atom. The number of benzene rings is 3. The molecule has 0 aromatic heterocycles. The number of ether oxygens (including phenoxy) is 4. The Labute approximate surface area is 221 Å². The number of para-hydroxylation sites is 1. The van der Waals surface area contributed by atoms with Crippen molar-refractivity contribution in [2.75, 3.05) is 36.6 Å². The van der Waals surface area contributed by atoms with E-state index in [2.05, 4.69) is 5.32 Å². The maximum atomic E-state index is 12.5. The van der Waals surface area contributed by atoms with Crippen LogP contribution in [0.5, 0.6) is 0 Å². The fraction of sp³-hybridized carbons (Fsp3) is 0.333. The van der Waals surface area contributed by atoms with Crippen molar-refractivity contribution < 1.29 is 28.5 Å². The normalized spacial score (nSPS) is 19.4. The van der Waals surface area contributed by atoms with E-state index in [1.807, 2.05) is 66.7 Å². The monoisotopic (exact) mass is 514 g/mol. The van der Waals surface area contributed by atoms with Gasteiger partial charge in [0.25, 0.3) is 0 Å². The molecule has 4 aliphatic rings. The molecule has 0 atom stereocenters. The number of nitrogens with zero attached hydrogens (tertiary/aromatic N) is 1. The van der Waals surface area contributed by atoms with Crippen molar-refractivity contribution in [2.24, 2.45) is 0 Å². The van der Waals surface area contributed by atoms with Crippen LogP contribution in [-0.2, 0) is 41.4 Å². The Hall–Kier alpha value is -3.56. The molecule has 4 heterocycles. The molecule has 196 valence electrons. The Balaban J connectivity index is 0.000000146. The summed E-state index contributed by atoms with van der Waals surface area (Å²) >= 11 is 0. The van der Waals surface area contributed by atoms with Gasteiger partial charge in [-0.05, 0) is 48.2 Å². The SMILES string of the molecule is O=C1CCc2c(C3OCCO3)cccc2N1c1ccccc1.O=C1CCc2c(cccc2C2OCCO2)N1. The molecule has 2 saturated heterocycles. The van der Waals surface area contributed by atoms with Gasteiger partial charge < -0.3 is 24.3 Å². The van der Waals surface area contributed by atoms with E-state index in [9.17, 15) is 9.59 Å². The molecular weight excluding hydrogens is 484 g/mol. The molecule has 7 rings (SSSR count). The highest BCUT2D eigenvalue weighted by atomic mass is 16.7. The van der Waals surface area contributed by atoms with E-state index in [0.29, 0.717) is 39.3 Å². The molecule has 0 radical (unpaired) electrons. The van der Waals surface area contributed by atoms with Crippen LogP contribution in [0.4, 0.5) is 17.1 Å². The van der Waals surface area contributed by atoms with Gasteiger partial charge in [0.2, 0.25) is 11.8 Å². The van der Waals surface area contributed by atoms with Crippen LogP contribution in [-0.4, -0.2) is 38.2 Å². The average molecular weight is 515 g/mol. The lowest BCUT2D eigenvalue weighted by molar-refractivity contribution is -0.118. The van der Waals surface area contributed by atoms with Gasteiger partial charge in [0.15, 0.2) is 12.6 Å². The Bertz CT molecular complexity index is 1320. The lowest BCUT2D eigenvalue weighted by Crippen LogP contribution is -2.31. The molecule has 0 spiro atoms. The molecule has 38 heavy (non-hydrogen) atoms. The number of nitrogens with one attached hydrogen (secondary N) is 1. The van der Waals surface area contributed by atoms with Crippen LogP contribution in [0.3, 0.4) is 0 Å². The van der Waals surface area contributed by atoms with Crippen molar-refractivity contribution in [1.82, 2.24) is 0 Å². The van der Waals surface area contributed by atoms with Crippen LogP contribution in [0.1, 0.15) is 47.7 Å². The van der Waals surface area contributed by atoms with E-state index < -0.39 is 0 Å². The molecule has 8 nitrogen and oxygen atoms in total. The Morgan fingerprint density at radius 1 is 0.632 bits per heavy atom. The molecule has 2 fully saturated rings. The third-order valence-electron chi connectivity index (χ3n) is 7.12. The predicted molar refractivity (Wildman–Crippen MR) is 141 cm³/mol. The first-order valence-electron chi connectivity index (χ1n) is 13.1. The second-order valence-electron chi connectivity index (χ2n) is 9.48. The molecule has 8 heteroatoms. The first kappa shape index (κ1) is 24.8. The fourth-order valence-corrected chi connectivity index (χ4v) is 5.38. The number of amides is 2. The zero-order valence-electron chi connectivity index (χ0n) is 21.1. The highest BCUT2D eigenvalue weighted by molar-refractivity contribution is 6.03. The highest BCUT2D eigenvalue weighted by Crippen LogP contribution is 2.39. The summed E-state index contributed by atoms with van der Waals surface area (Å²) in [6, 6.07) is 21.6. The molecule has 3 aromatic carbocycles. The molecule has 0 saturated carbocycles. The summed E-state index contributed by atoms with van der Waals surface area (Å²) in [5.74, 6) is 0.210. The maximum Gasteiger partial charge on any atom is 0.231 e. The summed E-state index contributed by atoms with van der Waals surface area (Å²) in [6.45, 7) is 2.52. The van der Waals surface area contributed by atoms with E-state index in [1.165, 1.54) is 0 Å². The smallest absolute Gasteiger partial charge is 0.231 e. The number of hydrogen-bond donors (Lipinski definition) is 1. The van der Waals surface area contributed by atoms with Gasteiger partial charge in [-0.15, -0.1) is 0 Å². The molecule has 2 amide bonds. The number of carbonyl (C=O) groups excluding carboxylic acids is 2. The largest absolute Gasteiger partial charge is 0.346 e. The van der Waals surface area contributed by atoms with Gasteiger partial charge in [0, 0.05) is 35.3 Å². The summed E-state index contributed by atoms with van der Waals surface area (Å²) in [7, 11) is 0. The second kappa shape index (κ2) is 11.0. The van der Waals surface area contributed by atoms with Crippen LogP contribution >= 0.6 is 0 Å². The van der Waals surface area contributed by atoms with Gasteiger partial charge >= 0.3 is 0 Å². The summed E-state index contributed by atoms with van der Waals surface area (Å²) in [5, 5.41) is 2.87. The minimum absolute atomic E-state index is 0.0814. The standard InChI is InChI=1S/C18H17NO3.C12H13NO3/c20-17-10-9-14-15(18-21-11-12-22-18)7-4-8-16(14)19(17)13-5-2-1-3-6-13;14-11-5-4-8-9(12-15-6-7-16-12)2-1-3-10(8)13-11/h1-8,18H,9-12H2;1-3,12H,4-7H2,(H,13,14). The number of fused-ring (bicyclic) bond motifs is 2. The van der Waals surface area contributed by atoms with E-state index in [4.69, 9.17) is 18.9 Å².